The van der Waals surface area contributed by atoms with Crippen LogP contribution in [0, 0.1) is 0 Å². The smallest absolute Gasteiger partial charge is 0.374 e. The number of rotatable bonds is 9. The number of hydrogen-bond donors (Lipinski definition) is 1. The third kappa shape index (κ3) is 6.07. The molecule has 2 aromatic rings. The molecule has 0 aliphatic heterocycles. The van der Waals surface area contributed by atoms with E-state index in [0.29, 0.717) is 24.4 Å². The fourth-order valence-electron chi connectivity index (χ4n) is 2.33. The van der Waals surface area contributed by atoms with Gasteiger partial charge >= 0.3 is 6.18 Å². The van der Waals surface area contributed by atoms with Crippen LogP contribution in [0.5, 0.6) is 0 Å². The molecule has 0 saturated heterocycles. The maximum atomic E-state index is 12.1. The molecule has 2 aromatic heterocycles. The van der Waals surface area contributed by atoms with Crippen LogP contribution in [0.15, 0.2) is 30.7 Å². The van der Waals surface area contributed by atoms with Crippen LogP contribution in [0.3, 0.4) is 0 Å². The predicted octanol–water partition coefficient (Wildman–Crippen LogP) is 4.14. The Morgan fingerprint density at radius 2 is 2.15 bits per heavy atom. The summed E-state index contributed by atoms with van der Waals surface area (Å²) in [4.78, 5) is 5.70. The van der Waals surface area contributed by atoms with E-state index in [0.717, 1.165) is 5.69 Å². The SMILES string of the molecule is CCN(c1cn(-c2cccnc2)nc1Cl)C(O)CCSCCC(F)(F)F. The fourth-order valence-corrected chi connectivity index (χ4v) is 3.53. The van der Waals surface area contributed by atoms with E-state index in [1.54, 1.807) is 34.2 Å². The molecule has 10 heteroatoms. The lowest BCUT2D eigenvalue weighted by Crippen LogP contribution is -2.35. The van der Waals surface area contributed by atoms with Gasteiger partial charge in [0, 0.05) is 24.9 Å². The van der Waals surface area contributed by atoms with Gasteiger partial charge in [0.2, 0.25) is 0 Å². The van der Waals surface area contributed by atoms with Crippen molar-refractivity contribution in [2.45, 2.75) is 32.2 Å². The standard InChI is InChI=1S/C16H20ClF3N4OS/c1-2-23(14(25)5-8-26-9-6-16(18,19)20)13-11-24(22-15(13)17)12-4-3-7-21-10-12/h3-4,7,10-11,14,25H,2,5-6,8-9H2,1H3. The van der Waals surface area contributed by atoms with Crippen molar-refractivity contribution in [3.8, 4) is 5.69 Å². The minimum absolute atomic E-state index is 0.0119. The Labute approximate surface area is 159 Å². The maximum absolute atomic E-state index is 12.1. The summed E-state index contributed by atoms with van der Waals surface area (Å²) in [6.07, 6.45) is -0.522. The molecule has 2 rings (SSSR count). The number of thioether (sulfide) groups is 1. The zero-order valence-electron chi connectivity index (χ0n) is 14.2. The zero-order chi connectivity index (χ0) is 19.2. The molecule has 144 valence electrons. The van der Waals surface area contributed by atoms with E-state index in [1.807, 2.05) is 13.0 Å². The molecule has 5 nitrogen and oxygen atoms in total. The fraction of sp³-hybridized carbons (Fsp3) is 0.500. The molecular weight excluding hydrogens is 389 g/mol. The van der Waals surface area contributed by atoms with E-state index in [-0.39, 0.29) is 10.9 Å². The number of nitrogens with zero attached hydrogens (tertiary/aromatic N) is 4. The Hall–Kier alpha value is -1.45. The van der Waals surface area contributed by atoms with E-state index in [9.17, 15) is 18.3 Å². The Balaban J connectivity index is 1.96. The molecule has 0 amide bonds. The molecule has 0 aliphatic rings. The Morgan fingerprint density at radius 3 is 2.77 bits per heavy atom. The van der Waals surface area contributed by atoms with Gasteiger partial charge in [-0.1, -0.05) is 11.6 Å². The van der Waals surface area contributed by atoms with Crippen molar-refractivity contribution >= 4 is 29.1 Å². The Kier molecular flexibility index (Phi) is 7.60. The number of aliphatic hydroxyl groups excluding tert-OH is 1. The minimum atomic E-state index is -4.14. The molecule has 2 heterocycles. The zero-order valence-corrected chi connectivity index (χ0v) is 15.7. The van der Waals surface area contributed by atoms with Crippen molar-refractivity contribution in [2.24, 2.45) is 0 Å². The third-order valence-electron chi connectivity index (χ3n) is 3.62. The second-order valence-electron chi connectivity index (χ2n) is 5.49. The summed E-state index contributed by atoms with van der Waals surface area (Å²) in [6, 6.07) is 3.60. The number of pyridine rings is 1. The van der Waals surface area contributed by atoms with Crippen LogP contribution in [0.1, 0.15) is 19.8 Å². The first-order valence-electron chi connectivity index (χ1n) is 8.06. The number of aliphatic hydroxyl groups is 1. The molecule has 0 aromatic carbocycles. The molecule has 1 unspecified atom stereocenters. The van der Waals surface area contributed by atoms with Gasteiger partial charge in [-0.2, -0.15) is 30.0 Å². The molecule has 0 radical (unpaired) electrons. The second-order valence-corrected chi connectivity index (χ2v) is 7.08. The number of anilines is 1. The topological polar surface area (TPSA) is 54.2 Å². The predicted molar refractivity (Wildman–Crippen MR) is 98.0 cm³/mol. The van der Waals surface area contributed by atoms with Crippen LogP contribution in [0.4, 0.5) is 18.9 Å². The molecule has 1 N–H and O–H groups in total. The van der Waals surface area contributed by atoms with Crippen molar-refractivity contribution in [3.05, 3.63) is 35.9 Å². The van der Waals surface area contributed by atoms with E-state index < -0.39 is 18.8 Å². The van der Waals surface area contributed by atoms with Gasteiger partial charge in [0.05, 0.1) is 30.2 Å². The van der Waals surface area contributed by atoms with Crippen molar-refractivity contribution in [3.63, 3.8) is 0 Å². The summed E-state index contributed by atoms with van der Waals surface area (Å²) in [6.45, 7) is 2.34. The van der Waals surface area contributed by atoms with Crippen molar-refractivity contribution in [1.82, 2.24) is 14.8 Å². The lowest BCUT2D eigenvalue weighted by atomic mass is 10.3. The first-order valence-corrected chi connectivity index (χ1v) is 9.60. The quantitative estimate of drug-likeness (QED) is 0.499. The highest BCUT2D eigenvalue weighted by Gasteiger charge is 2.26. The molecule has 0 fully saturated rings. The van der Waals surface area contributed by atoms with E-state index in [4.69, 9.17) is 11.6 Å². The molecule has 26 heavy (non-hydrogen) atoms. The third-order valence-corrected chi connectivity index (χ3v) is 4.91. The van der Waals surface area contributed by atoms with Crippen LogP contribution in [0.2, 0.25) is 5.15 Å². The van der Waals surface area contributed by atoms with Gasteiger partial charge in [-0.25, -0.2) is 4.68 Å². The minimum Gasteiger partial charge on any atom is -0.374 e. The summed E-state index contributed by atoms with van der Waals surface area (Å²) < 4.78 is 38.0. The number of hydrogen-bond acceptors (Lipinski definition) is 5. The highest BCUT2D eigenvalue weighted by Crippen LogP contribution is 2.28. The van der Waals surface area contributed by atoms with E-state index >= 15 is 0 Å². The summed E-state index contributed by atoms with van der Waals surface area (Å²) in [7, 11) is 0. The highest BCUT2D eigenvalue weighted by molar-refractivity contribution is 7.99. The van der Waals surface area contributed by atoms with Gasteiger partial charge < -0.3 is 10.0 Å². The highest BCUT2D eigenvalue weighted by atomic mass is 35.5. The van der Waals surface area contributed by atoms with Gasteiger partial charge in [-0.05, 0) is 24.8 Å². The summed E-state index contributed by atoms with van der Waals surface area (Å²) in [5.74, 6) is 0.407. The Bertz CT molecular complexity index is 684. The molecule has 0 saturated carbocycles. The van der Waals surface area contributed by atoms with Gasteiger partial charge in [-0.15, -0.1) is 0 Å². The lowest BCUT2D eigenvalue weighted by molar-refractivity contribution is -0.129. The molecule has 0 aliphatic carbocycles. The molecule has 1 atom stereocenters. The summed E-state index contributed by atoms with van der Waals surface area (Å²) in [5.41, 5.74) is 1.29. The van der Waals surface area contributed by atoms with Crippen molar-refractivity contribution < 1.29 is 18.3 Å². The van der Waals surface area contributed by atoms with Gasteiger partial charge in [0.25, 0.3) is 0 Å². The van der Waals surface area contributed by atoms with Gasteiger partial charge in [-0.3, -0.25) is 4.98 Å². The van der Waals surface area contributed by atoms with Crippen LogP contribution >= 0.6 is 23.4 Å². The van der Waals surface area contributed by atoms with Crippen LogP contribution in [-0.4, -0.2) is 50.3 Å². The second kappa shape index (κ2) is 9.48. The van der Waals surface area contributed by atoms with Crippen LogP contribution in [-0.2, 0) is 0 Å². The first-order chi connectivity index (χ1) is 12.3. The van der Waals surface area contributed by atoms with Gasteiger partial charge in [0.1, 0.15) is 6.23 Å². The molecule has 0 spiro atoms. The van der Waals surface area contributed by atoms with E-state index in [1.165, 1.54) is 11.8 Å². The normalized spacial score (nSPS) is 13.0. The summed E-state index contributed by atoms with van der Waals surface area (Å²) in [5, 5.41) is 14.9. The number of halogens is 4. The number of aromatic nitrogens is 3. The van der Waals surface area contributed by atoms with Crippen LogP contribution < -0.4 is 4.90 Å². The Morgan fingerprint density at radius 1 is 1.38 bits per heavy atom. The average molecular weight is 409 g/mol. The van der Waals surface area contributed by atoms with Gasteiger partial charge in [0.15, 0.2) is 5.15 Å². The molecule has 0 bridgehead atoms. The maximum Gasteiger partial charge on any atom is 0.389 e. The average Bonchev–Trinajstić information content (AvgIpc) is 2.97. The first kappa shape index (κ1) is 20.9. The van der Waals surface area contributed by atoms with Crippen LogP contribution in [0.25, 0.3) is 5.69 Å². The van der Waals surface area contributed by atoms with Crippen molar-refractivity contribution in [2.75, 3.05) is 23.0 Å². The monoisotopic (exact) mass is 408 g/mol. The molecular formula is C16H20ClF3N4OS. The summed E-state index contributed by atoms with van der Waals surface area (Å²) >= 11 is 7.38. The van der Waals surface area contributed by atoms with Crippen molar-refractivity contribution in [1.29, 1.82) is 0 Å². The largest absolute Gasteiger partial charge is 0.389 e. The number of alkyl halides is 3. The van der Waals surface area contributed by atoms with E-state index in [2.05, 4.69) is 10.1 Å². The lowest BCUT2D eigenvalue weighted by Gasteiger charge is -2.27.